The predicted octanol–water partition coefficient (Wildman–Crippen LogP) is 2.69. The first-order chi connectivity index (χ1) is 6.45. The van der Waals surface area contributed by atoms with Crippen molar-refractivity contribution >= 4 is 5.78 Å². The van der Waals surface area contributed by atoms with Gasteiger partial charge in [0.15, 0.2) is 0 Å². The van der Waals surface area contributed by atoms with E-state index in [4.69, 9.17) is 0 Å². The molecule has 0 bridgehead atoms. The van der Waals surface area contributed by atoms with E-state index >= 15 is 0 Å². The molecule has 0 saturated heterocycles. The molecule has 2 nitrogen and oxygen atoms in total. The number of rotatable bonds is 7. The number of unbranched alkanes of at least 4 members (excludes halogenated alkanes) is 1. The molecule has 0 fully saturated rings. The molecule has 1 N–H and O–H groups in total. The predicted molar refractivity (Wildman–Crippen MR) is 61.4 cm³/mol. The summed E-state index contributed by atoms with van der Waals surface area (Å²) in [5.41, 5.74) is 0.112. The van der Waals surface area contributed by atoms with E-state index in [0.717, 1.165) is 19.4 Å². The van der Waals surface area contributed by atoms with Crippen LogP contribution in [0, 0.1) is 0 Å². The van der Waals surface area contributed by atoms with Crippen molar-refractivity contribution in [2.75, 3.05) is 6.54 Å². The van der Waals surface area contributed by atoms with Gasteiger partial charge in [-0.2, -0.15) is 0 Å². The summed E-state index contributed by atoms with van der Waals surface area (Å²) in [5.74, 6) is 0.351. The molecule has 0 atom stereocenters. The second kappa shape index (κ2) is 6.77. The Morgan fingerprint density at radius 3 is 2.50 bits per heavy atom. The Bertz CT molecular complexity index is 179. The van der Waals surface area contributed by atoms with Crippen LogP contribution < -0.4 is 5.32 Å². The van der Waals surface area contributed by atoms with Crippen molar-refractivity contribution in [2.24, 2.45) is 0 Å². The van der Waals surface area contributed by atoms with Crippen LogP contribution in [0.5, 0.6) is 0 Å². The number of ketones is 1. The van der Waals surface area contributed by atoms with Crippen LogP contribution in [0.15, 0.2) is 12.7 Å². The average molecular weight is 197 g/mol. The topological polar surface area (TPSA) is 29.1 Å². The summed E-state index contributed by atoms with van der Waals surface area (Å²) in [6.07, 6.45) is 5.09. The molecule has 0 aliphatic rings. The minimum atomic E-state index is 0.112. The van der Waals surface area contributed by atoms with Crippen LogP contribution in [0.4, 0.5) is 0 Å². The molecule has 0 aromatic heterocycles. The van der Waals surface area contributed by atoms with Gasteiger partial charge < -0.3 is 5.32 Å². The molecule has 0 aromatic carbocycles. The Morgan fingerprint density at radius 2 is 2.00 bits per heavy atom. The molecular formula is C12H23NO. The minimum absolute atomic E-state index is 0.112. The second-order valence-electron chi connectivity index (χ2n) is 4.65. The lowest BCUT2D eigenvalue weighted by atomic mass is 10.1. The molecule has 0 amide bonds. The second-order valence-corrected chi connectivity index (χ2v) is 4.65. The maximum absolute atomic E-state index is 11.3. The third-order valence-corrected chi connectivity index (χ3v) is 1.92. The largest absolute Gasteiger partial charge is 0.312 e. The fourth-order valence-electron chi connectivity index (χ4n) is 1.15. The number of carbonyl (C=O) groups excluding carboxylic acids is 1. The van der Waals surface area contributed by atoms with Gasteiger partial charge in [-0.15, -0.1) is 6.58 Å². The lowest BCUT2D eigenvalue weighted by molar-refractivity contribution is -0.119. The average Bonchev–Trinajstić information content (AvgIpc) is 2.02. The minimum Gasteiger partial charge on any atom is -0.312 e. The molecule has 0 rings (SSSR count). The summed E-state index contributed by atoms with van der Waals surface area (Å²) in [6, 6.07) is 0. The summed E-state index contributed by atoms with van der Waals surface area (Å²) in [7, 11) is 0. The van der Waals surface area contributed by atoms with E-state index in [9.17, 15) is 4.79 Å². The van der Waals surface area contributed by atoms with E-state index in [1.54, 1.807) is 0 Å². The first kappa shape index (κ1) is 13.4. The van der Waals surface area contributed by atoms with Crippen molar-refractivity contribution in [3.05, 3.63) is 12.7 Å². The summed E-state index contributed by atoms with van der Waals surface area (Å²) in [6.45, 7) is 10.7. The van der Waals surface area contributed by atoms with Crippen LogP contribution >= 0.6 is 0 Å². The van der Waals surface area contributed by atoms with Gasteiger partial charge in [-0.25, -0.2) is 0 Å². The van der Waals surface area contributed by atoms with Gasteiger partial charge >= 0.3 is 0 Å². The molecular weight excluding hydrogens is 174 g/mol. The zero-order chi connectivity index (χ0) is 11.0. The SMILES string of the molecule is C=CCCCC(=O)CCNC(C)(C)C. The van der Waals surface area contributed by atoms with Crippen LogP contribution in [0.3, 0.4) is 0 Å². The van der Waals surface area contributed by atoms with Crippen LogP contribution in [0.1, 0.15) is 46.5 Å². The van der Waals surface area contributed by atoms with Gasteiger partial charge in [-0.3, -0.25) is 4.79 Å². The molecule has 0 aliphatic carbocycles. The van der Waals surface area contributed by atoms with Gasteiger partial charge in [0, 0.05) is 24.9 Å². The summed E-state index contributed by atoms with van der Waals surface area (Å²) in [5, 5.41) is 3.30. The summed E-state index contributed by atoms with van der Waals surface area (Å²) < 4.78 is 0. The van der Waals surface area contributed by atoms with Crippen molar-refractivity contribution < 1.29 is 4.79 Å². The van der Waals surface area contributed by atoms with E-state index in [1.807, 2.05) is 6.08 Å². The molecule has 0 aliphatic heterocycles. The van der Waals surface area contributed by atoms with Crippen LogP contribution in [-0.4, -0.2) is 17.9 Å². The fraction of sp³-hybridized carbons (Fsp3) is 0.750. The van der Waals surface area contributed by atoms with Crippen molar-refractivity contribution in [3.63, 3.8) is 0 Å². The zero-order valence-corrected chi connectivity index (χ0v) is 9.73. The number of nitrogens with one attached hydrogen (secondary N) is 1. The normalized spacial score (nSPS) is 11.4. The lowest BCUT2D eigenvalue weighted by Gasteiger charge is -2.19. The third kappa shape index (κ3) is 9.46. The van der Waals surface area contributed by atoms with Gasteiger partial charge in [0.25, 0.3) is 0 Å². The molecule has 0 saturated carbocycles. The smallest absolute Gasteiger partial charge is 0.134 e. The van der Waals surface area contributed by atoms with Crippen LogP contribution in [0.2, 0.25) is 0 Å². The van der Waals surface area contributed by atoms with Gasteiger partial charge in [0.05, 0.1) is 0 Å². The summed E-state index contributed by atoms with van der Waals surface area (Å²) >= 11 is 0. The standard InChI is InChI=1S/C12H23NO/c1-5-6-7-8-11(14)9-10-13-12(2,3)4/h5,13H,1,6-10H2,2-4H3. The van der Waals surface area contributed by atoms with E-state index in [-0.39, 0.29) is 5.54 Å². The van der Waals surface area contributed by atoms with Gasteiger partial charge in [0.1, 0.15) is 5.78 Å². The number of Topliss-reactive ketones (excluding diaryl/α,β-unsaturated/α-hetero) is 1. The Kier molecular flexibility index (Phi) is 6.46. The number of hydrogen-bond acceptors (Lipinski definition) is 2. The zero-order valence-electron chi connectivity index (χ0n) is 9.73. The maximum Gasteiger partial charge on any atom is 0.134 e. The van der Waals surface area contributed by atoms with E-state index in [1.165, 1.54) is 0 Å². The van der Waals surface area contributed by atoms with E-state index in [0.29, 0.717) is 18.6 Å². The molecule has 0 radical (unpaired) electrons. The Labute approximate surface area is 87.8 Å². The van der Waals surface area contributed by atoms with E-state index in [2.05, 4.69) is 32.7 Å². The summed E-state index contributed by atoms with van der Waals surface area (Å²) in [4.78, 5) is 11.3. The van der Waals surface area contributed by atoms with Gasteiger partial charge in [0.2, 0.25) is 0 Å². The quantitative estimate of drug-likeness (QED) is 0.502. The highest BCUT2D eigenvalue weighted by molar-refractivity contribution is 5.78. The molecule has 0 aromatic rings. The molecule has 82 valence electrons. The Hall–Kier alpha value is -0.630. The highest BCUT2D eigenvalue weighted by Crippen LogP contribution is 2.01. The first-order valence-corrected chi connectivity index (χ1v) is 5.33. The Balaban J connectivity index is 3.40. The number of allylic oxidation sites excluding steroid dienone is 1. The van der Waals surface area contributed by atoms with Crippen molar-refractivity contribution in [2.45, 2.75) is 52.0 Å². The number of hydrogen-bond donors (Lipinski definition) is 1. The number of carbonyl (C=O) groups is 1. The molecule has 0 unspecified atom stereocenters. The highest BCUT2D eigenvalue weighted by atomic mass is 16.1. The van der Waals surface area contributed by atoms with E-state index < -0.39 is 0 Å². The molecule has 0 spiro atoms. The van der Waals surface area contributed by atoms with Crippen LogP contribution in [-0.2, 0) is 4.79 Å². The van der Waals surface area contributed by atoms with Crippen molar-refractivity contribution in [1.82, 2.24) is 5.32 Å². The monoisotopic (exact) mass is 197 g/mol. The van der Waals surface area contributed by atoms with Gasteiger partial charge in [-0.1, -0.05) is 6.08 Å². The third-order valence-electron chi connectivity index (χ3n) is 1.92. The lowest BCUT2D eigenvalue weighted by Crippen LogP contribution is -2.37. The van der Waals surface area contributed by atoms with Crippen molar-refractivity contribution in [1.29, 1.82) is 0 Å². The van der Waals surface area contributed by atoms with Crippen molar-refractivity contribution in [3.8, 4) is 0 Å². The fourth-order valence-corrected chi connectivity index (χ4v) is 1.15. The first-order valence-electron chi connectivity index (χ1n) is 5.33. The molecule has 14 heavy (non-hydrogen) atoms. The highest BCUT2D eigenvalue weighted by Gasteiger charge is 2.09. The molecule has 0 heterocycles. The molecule has 2 heteroatoms. The van der Waals surface area contributed by atoms with Crippen LogP contribution in [0.25, 0.3) is 0 Å². The Morgan fingerprint density at radius 1 is 1.36 bits per heavy atom. The van der Waals surface area contributed by atoms with Gasteiger partial charge in [-0.05, 0) is 33.6 Å². The maximum atomic E-state index is 11.3.